The molecule has 1 aliphatic heterocycles. The molecule has 1 amide bonds. The monoisotopic (exact) mass is 477 g/mol. The number of amides is 1. The third-order valence-corrected chi connectivity index (χ3v) is 5.19. The molecule has 0 unspecified atom stereocenters. The summed E-state index contributed by atoms with van der Waals surface area (Å²) in [6, 6.07) is 4.24. The smallest absolute Gasteiger partial charge is 0.481 e. The molecule has 15 heteroatoms. The Bertz CT molecular complexity index is 1310. The van der Waals surface area contributed by atoms with Crippen LogP contribution in [0.1, 0.15) is 9.67 Å². The average molecular weight is 477 g/mol. The maximum atomic E-state index is 13.2. The fraction of sp³-hybridized carbons (Fsp3) is 0.167. The van der Waals surface area contributed by atoms with Gasteiger partial charge in [0.15, 0.2) is 16.6 Å². The predicted octanol–water partition coefficient (Wildman–Crippen LogP) is 3.14. The quantitative estimate of drug-likeness (QED) is 0.379. The molecule has 33 heavy (non-hydrogen) atoms. The lowest BCUT2D eigenvalue weighted by Crippen LogP contribution is -2.25. The minimum Gasteiger partial charge on any atom is -0.481 e. The molecule has 0 bridgehead atoms. The summed E-state index contributed by atoms with van der Waals surface area (Å²) in [5, 5.41) is 5.93. The van der Waals surface area contributed by atoms with Crippen LogP contribution in [0, 0.1) is 0 Å². The number of hydrogen-bond donors (Lipinski definition) is 3. The van der Waals surface area contributed by atoms with Crippen LogP contribution in [0.25, 0.3) is 11.0 Å². The lowest BCUT2D eigenvalue weighted by molar-refractivity contribution is -0.286. The number of carbonyl (C=O) groups is 1. The number of anilines is 3. The van der Waals surface area contributed by atoms with Gasteiger partial charge in [0.25, 0.3) is 5.91 Å². The molecule has 12 nitrogen and oxygen atoms in total. The number of nitrogens with zero attached hydrogens (tertiary/aromatic N) is 4. The maximum Gasteiger partial charge on any atom is 0.586 e. The van der Waals surface area contributed by atoms with Crippen molar-refractivity contribution < 1.29 is 32.5 Å². The molecular weight excluding hydrogens is 464 g/mol. The van der Waals surface area contributed by atoms with Gasteiger partial charge in [-0.15, -0.1) is 8.78 Å². The number of ether oxygens (including phenoxy) is 4. The summed E-state index contributed by atoms with van der Waals surface area (Å²) in [5.74, 6) is -0.00420. The second kappa shape index (κ2) is 7.70. The number of aromatic amines is 1. The second-order valence-electron chi connectivity index (χ2n) is 6.46. The Morgan fingerprint density at radius 1 is 1.12 bits per heavy atom. The van der Waals surface area contributed by atoms with Crippen molar-refractivity contribution in [2.24, 2.45) is 0 Å². The Hall–Kier alpha value is -4.27. The zero-order valence-corrected chi connectivity index (χ0v) is 17.6. The van der Waals surface area contributed by atoms with E-state index in [1.54, 1.807) is 6.07 Å². The van der Waals surface area contributed by atoms with E-state index < -0.39 is 12.2 Å². The summed E-state index contributed by atoms with van der Waals surface area (Å²) in [4.78, 5) is 32.2. The van der Waals surface area contributed by atoms with E-state index in [-0.39, 0.29) is 34.2 Å². The number of carbonyl (C=O) groups excluding carboxylic acids is 1. The molecule has 0 saturated carbocycles. The molecule has 4 aromatic rings. The number of hydrogen-bond acceptors (Lipinski definition) is 11. The number of fused-ring (bicyclic) bond motifs is 2. The molecule has 0 atom stereocenters. The van der Waals surface area contributed by atoms with Crippen molar-refractivity contribution in [3.63, 3.8) is 0 Å². The first kappa shape index (κ1) is 20.6. The zero-order chi connectivity index (χ0) is 23.2. The number of alkyl halides is 2. The van der Waals surface area contributed by atoms with Gasteiger partial charge in [0.1, 0.15) is 10.7 Å². The lowest BCUT2D eigenvalue weighted by atomic mass is 10.3. The lowest BCUT2D eigenvalue weighted by Gasteiger charge is -2.06. The molecule has 3 N–H and O–H groups in total. The van der Waals surface area contributed by atoms with E-state index in [0.717, 1.165) is 11.3 Å². The number of halogens is 2. The van der Waals surface area contributed by atoms with Crippen molar-refractivity contribution in [1.82, 2.24) is 24.9 Å². The van der Waals surface area contributed by atoms with Crippen molar-refractivity contribution in [1.29, 1.82) is 0 Å². The van der Waals surface area contributed by atoms with Crippen LogP contribution in [0.5, 0.6) is 23.4 Å². The van der Waals surface area contributed by atoms with Gasteiger partial charge in [0.05, 0.1) is 31.4 Å². The summed E-state index contributed by atoms with van der Waals surface area (Å²) in [5.41, 5.74) is 0.687. The van der Waals surface area contributed by atoms with E-state index >= 15 is 0 Å². The standard InChI is InChI=1S/C18H13F2N7O5S/c1-29-13-5-12(24-16(26-13)30-2)25-17-21-6-11(33-17)14(28)27-15-22-7-3-9-10(4-8(7)23-15)32-18(19,20)31-9/h3-6H,1-2H3,(H,21,24,25,26)(H2,22,23,27,28). The number of methoxy groups -OCH3 is 2. The van der Waals surface area contributed by atoms with E-state index in [4.69, 9.17) is 9.47 Å². The van der Waals surface area contributed by atoms with Crippen LogP contribution in [0.15, 0.2) is 24.4 Å². The summed E-state index contributed by atoms with van der Waals surface area (Å²) < 4.78 is 45.3. The summed E-state index contributed by atoms with van der Waals surface area (Å²) >= 11 is 1.06. The van der Waals surface area contributed by atoms with Crippen molar-refractivity contribution >= 4 is 45.2 Å². The third kappa shape index (κ3) is 4.12. The molecule has 0 fully saturated rings. The SMILES string of the molecule is COc1cc(Nc2ncc(C(=O)Nc3nc4cc5c(cc4[nH]3)OC(F)(F)O5)s2)nc(OC)n1. The Morgan fingerprint density at radius 2 is 1.91 bits per heavy atom. The van der Waals surface area contributed by atoms with Crippen LogP contribution in [0.4, 0.5) is 25.7 Å². The van der Waals surface area contributed by atoms with Gasteiger partial charge < -0.3 is 29.2 Å². The molecule has 1 aliphatic rings. The van der Waals surface area contributed by atoms with Crippen LogP contribution >= 0.6 is 11.3 Å². The van der Waals surface area contributed by atoms with Crippen molar-refractivity contribution in [3.05, 3.63) is 29.3 Å². The van der Waals surface area contributed by atoms with Crippen LogP contribution in [-0.4, -0.2) is 51.3 Å². The van der Waals surface area contributed by atoms with Gasteiger partial charge in [-0.25, -0.2) is 9.97 Å². The maximum absolute atomic E-state index is 13.2. The van der Waals surface area contributed by atoms with Crippen LogP contribution in [0.3, 0.4) is 0 Å². The fourth-order valence-electron chi connectivity index (χ4n) is 2.89. The normalized spacial score (nSPS) is 13.7. The van der Waals surface area contributed by atoms with Gasteiger partial charge >= 0.3 is 12.3 Å². The minimum atomic E-state index is -3.72. The van der Waals surface area contributed by atoms with Crippen LogP contribution < -0.4 is 29.6 Å². The summed E-state index contributed by atoms with van der Waals surface area (Å²) in [6.07, 6.45) is -2.35. The highest BCUT2D eigenvalue weighted by Gasteiger charge is 2.43. The summed E-state index contributed by atoms with van der Waals surface area (Å²) in [6.45, 7) is 0. The fourth-order valence-corrected chi connectivity index (χ4v) is 3.61. The molecule has 0 saturated heterocycles. The molecule has 3 aromatic heterocycles. The first-order chi connectivity index (χ1) is 15.8. The first-order valence-corrected chi connectivity index (χ1v) is 9.94. The summed E-state index contributed by atoms with van der Waals surface area (Å²) in [7, 11) is 2.88. The number of H-pyrrole nitrogens is 1. The van der Waals surface area contributed by atoms with Gasteiger partial charge in [-0.1, -0.05) is 11.3 Å². The predicted molar refractivity (Wildman–Crippen MR) is 111 cm³/mol. The Labute approximate surface area is 186 Å². The van der Waals surface area contributed by atoms with Crippen molar-refractivity contribution in [2.45, 2.75) is 6.29 Å². The molecule has 1 aromatic carbocycles. The zero-order valence-electron chi connectivity index (χ0n) is 16.8. The number of nitrogens with one attached hydrogen (secondary N) is 3. The van der Waals surface area contributed by atoms with Crippen molar-refractivity contribution in [3.8, 4) is 23.4 Å². The largest absolute Gasteiger partial charge is 0.586 e. The third-order valence-electron chi connectivity index (χ3n) is 4.28. The molecule has 0 spiro atoms. The Balaban J connectivity index is 1.30. The van der Waals surface area contributed by atoms with Gasteiger partial charge in [0.2, 0.25) is 11.8 Å². The molecule has 0 aliphatic carbocycles. The molecular formula is C18H13F2N7O5S. The average Bonchev–Trinajstić information content (AvgIpc) is 3.46. The molecule has 4 heterocycles. The van der Waals surface area contributed by atoms with Crippen molar-refractivity contribution in [2.75, 3.05) is 24.9 Å². The van der Waals surface area contributed by atoms with E-state index in [0.29, 0.717) is 22.0 Å². The highest BCUT2D eigenvalue weighted by atomic mass is 32.1. The Morgan fingerprint density at radius 3 is 2.67 bits per heavy atom. The number of thiazole rings is 1. The van der Waals surface area contributed by atoms with Gasteiger partial charge in [-0.3, -0.25) is 10.1 Å². The topological polar surface area (TPSA) is 145 Å². The first-order valence-electron chi connectivity index (χ1n) is 9.13. The minimum absolute atomic E-state index is 0.0988. The number of benzene rings is 1. The van der Waals surface area contributed by atoms with Crippen LogP contribution in [0.2, 0.25) is 0 Å². The van der Waals surface area contributed by atoms with Crippen LogP contribution in [-0.2, 0) is 0 Å². The highest BCUT2D eigenvalue weighted by molar-refractivity contribution is 7.17. The van der Waals surface area contributed by atoms with Gasteiger partial charge in [-0.2, -0.15) is 9.97 Å². The van der Waals surface area contributed by atoms with E-state index in [1.807, 2.05) is 0 Å². The van der Waals surface area contributed by atoms with E-state index in [2.05, 4.69) is 45.0 Å². The van der Waals surface area contributed by atoms with E-state index in [9.17, 15) is 13.6 Å². The molecule has 5 rings (SSSR count). The number of imidazole rings is 1. The molecule has 0 radical (unpaired) electrons. The Kier molecular flexibility index (Phi) is 4.81. The van der Waals surface area contributed by atoms with Gasteiger partial charge in [0, 0.05) is 18.2 Å². The number of rotatable bonds is 6. The number of aromatic nitrogens is 5. The molecule has 170 valence electrons. The highest BCUT2D eigenvalue weighted by Crippen LogP contribution is 2.43. The van der Waals surface area contributed by atoms with E-state index in [1.165, 1.54) is 32.5 Å². The van der Waals surface area contributed by atoms with Gasteiger partial charge in [-0.05, 0) is 0 Å². The second-order valence-corrected chi connectivity index (χ2v) is 7.49.